The summed E-state index contributed by atoms with van der Waals surface area (Å²) in [7, 11) is 0. The SMILES string of the molecule is O=C(O)c1cc(F)c2nc(/N=C/CC(CC3CCC3)OCc3c(C4CCCC4)noc3C3CC3)sc2c1. The van der Waals surface area contributed by atoms with Gasteiger partial charge in [-0.05, 0) is 50.2 Å². The molecule has 3 aliphatic rings. The minimum absolute atomic E-state index is 0.0251. The van der Waals surface area contributed by atoms with Crippen molar-refractivity contribution in [1.29, 1.82) is 0 Å². The molecule has 0 aliphatic heterocycles. The number of benzene rings is 1. The molecule has 0 saturated heterocycles. The Kier molecular flexibility index (Phi) is 7.08. The Morgan fingerprint density at radius 2 is 2.00 bits per heavy atom. The number of carboxylic acid groups (broad SMARTS) is 1. The number of aliphatic imine (C=N–C) groups is 1. The third kappa shape index (κ3) is 5.48. The zero-order valence-electron chi connectivity index (χ0n) is 20.8. The predicted molar refractivity (Wildman–Crippen MR) is 140 cm³/mol. The monoisotopic (exact) mass is 525 g/mol. The van der Waals surface area contributed by atoms with Gasteiger partial charge in [0.1, 0.15) is 11.3 Å². The Bertz CT molecular complexity index is 1300. The first-order chi connectivity index (χ1) is 18.0. The van der Waals surface area contributed by atoms with Crippen molar-refractivity contribution in [2.45, 2.75) is 95.2 Å². The van der Waals surface area contributed by atoms with E-state index in [1.807, 2.05) is 6.21 Å². The fourth-order valence-electron chi connectivity index (χ4n) is 5.60. The maximum atomic E-state index is 14.3. The fourth-order valence-corrected chi connectivity index (χ4v) is 6.49. The van der Waals surface area contributed by atoms with Gasteiger partial charge in [0.2, 0.25) is 5.13 Å². The minimum atomic E-state index is -1.16. The first-order valence-corrected chi connectivity index (χ1v) is 14.3. The highest BCUT2D eigenvalue weighted by molar-refractivity contribution is 7.22. The molecule has 2 heterocycles. The number of rotatable bonds is 11. The third-order valence-electron chi connectivity index (χ3n) is 8.08. The van der Waals surface area contributed by atoms with Crippen LogP contribution in [-0.4, -0.2) is 33.5 Å². The second kappa shape index (κ2) is 10.6. The van der Waals surface area contributed by atoms with Crippen LogP contribution >= 0.6 is 11.3 Å². The van der Waals surface area contributed by atoms with Crippen LogP contribution in [0.25, 0.3) is 10.2 Å². The molecule has 1 unspecified atom stereocenters. The Morgan fingerprint density at radius 3 is 2.70 bits per heavy atom. The van der Waals surface area contributed by atoms with Crippen LogP contribution in [0, 0.1) is 11.7 Å². The number of aromatic nitrogens is 2. The molecule has 3 fully saturated rings. The minimum Gasteiger partial charge on any atom is -0.478 e. The van der Waals surface area contributed by atoms with Gasteiger partial charge in [0.05, 0.1) is 28.7 Å². The van der Waals surface area contributed by atoms with Crippen molar-refractivity contribution in [2.24, 2.45) is 10.9 Å². The number of carboxylic acids is 1. The molecule has 7 nitrogen and oxygen atoms in total. The van der Waals surface area contributed by atoms with Gasteiger partial charge in [0, 0.05) is 30.0 Å². The number of carbonyl (C=O) groups is 1. The average molecular weight is 526 g/mol. The molecule has 9 heteroatoms. The molecular weight excluding hydrogens is 493 g/mol. The molecule has 3 aromatic rings. The number of hydrogen-bond donors (Lipinski definition) is 1. The number of ether oxygens (including phenoxy) is 1. The van der Waals surface area contributed by atoms with Crippen LogP contribution < -0.4 is 0 Å². The van der Waals surface area contributed by atoms with Crippen LogP contribution in [0.5, 0.6) is 0 Å². The van der Waals surface area contributed by atoms with Gasteiger partial charge in [-0.15, -0.1) is 0 Å². The Balaban J connectivity index is 1.16. The summed E-state index contributed by atoms with van der Waals surface area (Å²) in [5, 5.41) is 14.1. The molecule has 2 aromatic heterocycles. The van der Waals surface area contributed by atoms with Crippen molar-refractivity contribution < 1.29 is 23.6 Å². The molecule has 1 atom stereocenters. The largest absolute Gasteiger partial charge is 0.478 e. The molecular formula is C28H32FN3O4S. The highest BCUT2D eigenvalue weighted by Gasteiger charge is 2.35. The van der Waals surface area contributed by atoms with E-state index in [0.717, 1.165) is 23.9 Å². The van der Waals surface area contributed by atoms with Crippen LogP contribution in [0.1, 0.15) is 110 Å². The molecule has 1 N–H and O–H groups in total. The first-order valence-electron chi connectivity index (χ1n) is 13.5. The zero-order valence-corrected chi connectivity index (χ0v) is 21.6. The topological polar surface area (TPSA) is 97.8 Å². The van der Waals surface area contributed by atoms with Crippen molar-refractivity contribution in [2.75, 3.05) is 0 Å². The normalized spacial score (nSPS) is 19.7. The molecule has 0 spiro atoms. The van der Waals surface area contributed by atoms with E-state index >= 15 is 0 Å². The van der Waals surface area contributed by atoms with Gasteiger partial charge in [0.25, 0.3) is 0 Å². The first kappa shape index (κ1) is 24.7. The lowest BCUT2D eigenvalue weighted by molar-refractivity contribution is 0.0195. The third-order valence-corrected chi connectivity index (χ3v) is 8.99. The zero-order chi connectivity index (χ0) is 25.4. The quantitative estimate of drug-likeness (QED) is 0.260. The van der Waals surface area contributed by atoms with Crippen molar-refractivity contribution in [3.8, 4) is 0 Å². The number of halogens is 1. The predicted octanol–water partition coefficient (Wildman–Crippen LogP) is 7.52. The van der Waals surface area contributed by atoms with Crippen LogP contribution in [-0.2, 0) is 11.3 Å². The number of fused-ring (bicyclic) bond motifs is 1. The molecule has 37 heavy (non-hydrogen) atoms. The van der Waals surface area contributed by atoms with Gasteiger partial charge >= 0.3 is 5.97 Å². The molecule has 3 saturated carbocycles. The maximum Gasteiger partial charge on any atom is 0.335 e. The van der Waals surface area contributed by atoms with E-state index in [1.54, 1.807) is 0 Å². The highest BCUT2D eigenvalue weighted by Crippen LogP contribution is 2.45. The lowest BCUT2D eigenvalue weighted by Gasteiger charge is -2.29. The second-order valence-corrected chi connectivity index (χ2v) is 11.8. The van der Waals surface area contributed by atoms with Crippen molar-refractivity contribution in [1.82, 2.24) is 10.1 Å². The van der Waals surface area contributed by atoms with Gasteiger partial charge in [-0.3, -0.25) is 0 Å². The van der Waals surface area contributed by atoms with Gasteiger partial charge in [-0.1, -0.05) is 48.6 Å². The van der Waals surface area contributed by atoms with Gasteiger partial charge in [-0.2, -0.15) is 0 Å². The van der Waals surface area contributed by atoms with Crippen LogP contribution in [0.2, 0.25) is 0 Å². The number of aromatic carboxylic acids is 1. The van der Waals surface area contributed by atoms with E-state index in [1.165, 1.54) is 80.8 Å². The Morgan fingerprint density at radius 1 is 1.19 bits per heavy atom. The summed E-state index contributed by atoms with van der Waals surface area (Å²) in [5.74, 6) is 0.900. The Labute approximate surface area is 219 Å². The van der Waals surface area contributed by atoms with Crippen LogP contribution in [0.15, 0.2) is 21.6 Å². The second-order valence-electron chi connectivity index (χ2n) is 10.8. The van der Waals surface area contributed by atoms with E-state index in [0.29, 0.717) is 40.6 Å². The maximum absolute atomic E-state index is 14.3. The highest BCUT2D eigenvalue weighted by atomic mass is 32.1. The standard InChI is InChI=1S/C28H32FN3O4S/c29-22-13-19(27(33)34)14-23-25(22)31-28(37-23)30-11-10-20(12-16-4-3-5-16)35-15-21-24(17-6-1-2-7-17)32-36-26(21)18-8-9-18/h11,13-14,16-18,20H,1-10,12,15H2,(H,33,34)/b30-11+. The van der Waals surface area contributed by atoms with E-state index in [9.17, 15) is 14.3 Å². The number of thiazole rings is 1. The summed E-state index contributed by atoms with van der Waals surface area (Å²) >= 11 is 1.19. The molecule has 196 valence electrons. The van der Waals surface area contributed by atoms with Gasteiger partial charge < -0.3 is 14.4 Å². The van der Waals surface area contributed by atoms with E-state index in [4.69, 9.17) is 9.26 Å². The smallest absolute Gasteiger partial charge is 0.335 e. The van der Waals surface area contributed by atoms with Crippen LogP contribution in [0.4, 0.5) is 9.52 Å². The van der Waals surface area contributed by atoms with E-state index in [-0.39, 0.29) is 17.2 Å². The number of hydrogen-bond acceptors (Lipinski definition) is 7. The Hall–Kier alpha value is -2.65. The molecule has 0 radical (unpaired) electrons. The summed E-state index contributed by atoms with van der Waals surface area (Å²) in [5.41, 5.74) is 2.37. The van der Waals surface area contributed by atoms with Crippen molar-refractivity contribution in [3.05, 3.63) is 40.5 Å². The average Bonchev–Trinajstić information content (AvgIpc) is 3.22. The number of nitrogens with zero attached hydrogens (tertiary/aromatic N) is 3. The summed E-state index contributed by atoms with van der Waals surface area (Å²) in [4.78, 5) is 20.0. The fraction of sp³-hybridized carbons (Fsp3) is 0.571. The van der Waals surface area contributed by atoms with Crippen molar-refractivity contribution in [3.63, 3.8) is 0 Å². The summed E-state index contributed by atoms with van der Waals surface area (Å²) in [6, 6.07) is 2.44. The summed E-state index contributed by atoms with van der Waals surface area (Å²) in [6.45, 7) is 0.525. The summed E-state index contributed by atoms with van der Waals surface area (Å²) < 4.78 is 27.2. The summed E-state index contributed by atoms with van der Waals surface area (Å²) in [6.07, 6.45) is 14.4. The van der Waals surface area contributed by atoms with Gasteiger partial charge in [-0.25, -0.2) is 19.2 Å². The lowest BCUT2D eigenvalue weighted by atomic mass is 9.81. The van der Waals surface area contributed by atoms with E-state index in [2.05, 4.69) is 15.1 Å². The molecule has 0 bridgehead atoms. The van der Waals surface area contributed by atoms with Crippen molar-refractivity contribution >= 4 is 38.9 Å². The molecule has 3 aliphatic carbocycles. The van der Waals surface area contributed by atoms with Crippen LogP contribution in [0.3, 0.4) is 0 Å². The molecule has 0 amide bonds. The van der Waals surface area contributed by atoms with E-state index < -0.39 is 11.8 Å². The lowest BCUT2D eigenvalue weighted by Crippen LogP contribution is -2.22. The van der Waals surface area contributed by atoms with Gasteiger partial charge in [0.15, 0.2) is 5.82 Å². The molecule has 1 aromatic carbocycles. The molecule has 6 rings (SSSR count).